The molecule has 0 spiro atoms. The third kappa shape index (κ3) is 4.35. The van der Waals surface area contributed by atoms with E-state index in [-0.39, 0.29) is 6.61 Å². The van der Waals surface area contributed by atoms with Crippen LogP contribution in [0.4, 0.5) is 0 Å². The summed E-state index contributed by atoms with van der Waals surface area (Å²) in [6, 6.07) is 17.5. The molecule has 21 heavy (non-hydrogen) atoms. The summed E-state index contributed by atoms with van der Waals surface area (Å²) < 4.78 is 10.3. The number of hydrogen-bond donors (Lipinski definition) is 1. The van der Waals surface area contributed by atoms with Crippen LogP contribution in [0.5, 0.6) is 5.75 Å². The summed E-state index contributed by atoms with van der Waals surface area (Å²) in [6.45, 7) is -0.291. The highest BCUT2D eigenvalue weighted by Crippen LogP contribution is 2.17. The molecule has 0 fully saturated rings. The van der Waals surface area contributed by atoms with Crippen molar-refractivity contribution in [3.05, 3.63) is 66.2 Å². The maximum absolute atomic E-state index is 11.7. The molecule has 1 unspecified atom stereocenters. The number of amides is 1. The van der Waals surface area contributed by atoms with Crippen molar-refractivity contribution in [2.24, 2.45) is 5.73 Å². The van der Waals surface area contributed by atoms with E-state index < -0.39 is 18.0 Å². The number of carbonyl (C=O) groups excluding carboxylic acids is 2. The third-order valence-corrected chi connectivity index (χ3v) is 2.71. The average molecular weight is 285 g/mol. The minimum Gasteiger partial charge on any atom is -0.482 e. The molecule has 2 aromatic rings. The third-order valence-electron chi connectivity index (χ3n) is 2.71. The molecule has 0 heterocycles. The number of rotatable bonds is 6. The van der Waals surface area contributed by atoms with Gasteiger partial charge < -0.3 is 15.2 Å². The van der Waals surface area contributed by atoms with Gasteiger partial charge >= 0.3 is 5.97 Å². The number of esters is 1. The summed E-state index contributed by atoms with van der Waals surface area (Å²) in [4.78, 5) is 23.2. The summed E-state index contributed by atoms with van der Waals surface area (Å²) in [5.41, 5.74) is 5.79. The lowest BCUT2D eigenvalue weighted by atomic mass is 10.1. The van der Waals surface area contributed by atoms with E-state index in [2.05, 4.69) is 0 Å². The van der Waals surface area contributed by atoms with E-state index in [9.17, 15) is 9.59 Å². The predicted octanol–water partition coefficient (Wildman–Crippen LogP) is 1.84. The van der Waals surface area contributed by atoms with Gasteiger partial charge in [0.1, 0.15) is 5.75 Å². The Bertz CT molecular complexity index is 598. The van der Waals surface area contributed by atoms with Gasteiger partial charge in [0.05, 0.1) is 0 Å². The van der Waals surface area contributed by atoms with E-state index in [1.807, 2.05) is 6.07 Å². The molecule has 2 rings (SSSR count). The van der Waals surface area contributed by atoms with Crippen LogP contribution in [-0.4, -0.2) is 18.5 Å². The van der Waals surface area contributed by atoms with Gasteiger partial charge in [-0.3, -0.25) is 4.79 Å². The van der Waals surface area contributed by atoms with Crippen LogP contribution >= 0.6 is 0 Å². The first-order valence-corrected chi connectivity index (χ1v) is 6.38. The zero-order chi connectivity index (χ0) is 15.1. The number of benzene rings is 2. The van der Waals surface area contributed by atoms with E-state index in [1.54, 1.807) is 54.6 Å². The van der Waals surface area contributed by atoms with Crippen LogP contribution in [0, 0.1) is 0 Å². The minimum atomic E-state index is -1.11. The van der Waals surface area contributed by atoms with Gasteiger partial charge in [0.25, 0.3) is 5.91 Å². The molecule has 0 radical (unpaired) electrons. The van der Waals surface area contributed by atoms with Crippen LogP contribution in [-0.2, 0) is 14.3 Å². The van der Waals surface area contributed by atoms with Crippen LogP contribution in [0.1, 0.15) is 11.7 Å². The van der Waals surface area contributed by atoms with Gasteiger partial charge in [-0.2, -0.15) is 0 Å². The van der Waals surface area contributed by atoms with Gasteiger partial charge in [-0.1, -0.05) is 48.5 Å². The Balaban J connectivity index is 1.95. The van der Waals surface area contributed by atoms with Gasteiger partial charge in [-0.15, -0.1) is 0 Å². The fraction of sp³-hybridized carbons (Fsp3) is 0.125. The number of carbonyl (C=O) groups is 2. The highest BCUT2D eigenvalue weighted by atomic mass is 16.6. The van der Waals surface area contributed by atoms with E-state index in [4.69, 9.17) is 15.2 Å². The predicted molar refractivity (Wildman–Crippen MR) is 76.4 cm³/mol. The number of para-hydroxylation sites is 1. The second-order valence-corrected chi connectivity index (χ2v) is 4.28. The largest absolute Gasteiger partial charge is 0.482 e. The topological polar surface area (TPSA) is 78.6 Å². The molecule has 0 aliphatic carbocycles. The smallest absolute Gasteiger partial charge is 0.345 e. The highest BCUT2D eigenvalue weighted by Gasteiger charge is 2.22. The fourth-order valence-corrected chi connectivity index (χ4v) is 1.74. The first kappa shape index (κ1) is 14.6. The van der Waals surface area contributed by atoms with Gasteiger partial charge in [-0.25, -0.2) is 4.79 Å². The second-order valence-electron chi connectivity index (χ2n) is 4.28. The first-order chi connectivity index (χ1) is 10.2. The Morgan fingerprint density at radius 2 is 1.52 bits per heavy atom. The number of primary amides is 1. The molecule has 5 nitrogen and oxygen atoms in total. The van der Waals surface area contributed by atoms with Crippen molar-refractivity contribution in [1.29, 1.82) is 0 Å². The Labute approximate surface area is 122 Å². The van der Waals surface area contributed by atoms with Gasteiger partial charge in [0.2, 0.25) is 6.10 Å². The van der Waals surface area contributed by atoms with Crippen molar-refractivity contribution >= 4 is 11.9 Å². The summed E-state index contributed by atoms with van der Waals surface area (Å²) >= 11 is 0. The highest BCUT2D eigenvalue weighted by molar-refractivity contribution is 5.83. The Kier molecular flexibility index (Phi) is 4.93. The van der Waals surface area contributed by atoms with E-state index >= 15 is 0 Å². The lowest BCUT2D eigenvalue weighted by molar-refractivity contribution is -0.157. The quantitative estimate of drug-likeness (QED) is 0.821. The molecule has 108 valence electrons. The van der Waals surface area contributed by atoms with Gasteiger partial charge in [0, 0.05) is 5.56 Å². The summed E-state index contributed by atoms with van der Waals surface area (Å²) in [7, 11) is 0. The van der Waals surface area contributed by atoms with Crippen molar-refractivity contribution in [1.82, 2.24) is 0 Å². The maximum atomic E-state index is 11.7. The molecule has 0 aliphatic rings. The molecule has 1 amide bonds. The van der Waals surface area contributed by atoms with Crippen LogP contribution in [0.25, 0.3) is 0 Å². The van der Waals surface area contributed by atoms with Crippen molar-refractivity contribution in [3.63, 3.8) is 0 Å². The molecular weight excluding hydrogens is 270 g/mol. The average Bonchev–Trinajstić information content (AvgIpc) is 2.52. The van der Waals surface area contributed by atoms with E-state index in [1.165, 1.54) is 0 Å². The lowest BCUT2D eigenvalue weighted by Crippen LogP contribution is -2.28. The summed E-state index contributed by atoms with van der Waals surface area (Å²) in [6.07, 6.45) is -1.11. The maximum Gasteiger partial charge on any atom is 0.345 e. The SMILES string of the molecule is NC(=O)C(OC(=O)COc1ccccc1)c1ccccc1. The number of nitrogens with two attached hydrogens (primary N) is 1. The molecule has 5 heteroatoms. The van der Waals surface area contributed by atoms with E-state index in [0.717, 1.165) is 0 Å². The lowest BCUT2D eigenvalue weighted by Gasteiger charge is -2.15. The van der Waals surface area contributed by atoms with Gasteiger partial charge in [0.15, 0.2) is 6.61 Å². The molecule has 0 aromatic heterocycles. The molecule has 0 bridgehead atoms. The zero-order valence-electron chi connectivity index (χ0n) is 11.3. The Morgan fingerprint density at radius 3 is 2.10 bits per heavy atom. The van der Waals surface area contributed by atoms with Gasteiger partial charge in [-0.05, 0) is 12.1 Å². The first-order valence-electron chi connectivity index (χ1n) is 6.38. The molecule has 2 N–H and O–H groups in total. The van der Waals surface area contributed by atoms with Crippen LogP contribution in [0.2, 0.25) is 0 Å². The van der Waals surface area contributed by atoms with Crippen molar-refractivity contribution in [2.75, 3.05) is 6.61 Å². The summed E-state index contributed by atoms with van der Waals surface area (Å²) in [5, 5.41) is 0. The monoisotopic (exact) mass is 285 g/mol. The Morgan fingerprint density at radius 1 is 0.952 bits per heavy atom. The molecular formula is C16H15NO4. The van der Waals surface area contributed by atoms with Crippen molar-refractivity contribution in [2.45, 2.75) is 6.10 Å². The van der Waals surface area contributed by atoms with Crippen LogP contribution in [0.3, 0.4) is 0 Å². The normalized spacial score (nSPS) is 11.4. The zero-order valence-corrected chi connectivity index (χ0v) is 11.3. The molecule has 0 saturated heterocycles. The van der Waals surface area contributed by atoms with Crippen LogP contribution in [0.15, 0.2) is 60.7 Å². The van der Waals surface area contributed by atoms with Crippen LogP contribution < -0.4 is 10.5 Å². The second kappa shape index (κ2) is 7.09. The number of ether oxygens (including phenoxy) is 2. The fourth-order valence-electron chi connectivity index (χ4n) is 1.74. The van der Waals surface area contributed by atoms with Crippen molar-refractivity contribution in [3.8, 4) is 5.75 Å². The van der Waals surface area contributed by atoms with E-state index in [0.29, 0.717) is 11.3 Å². The summed E-state index contributed by atoms with van der Waals surface area (Å²) in [5.74, 6) is -0.842. The molecule has 0 aliphatic heterocycles. The van der Waals surface area contributed by atoms with Crippen molar-refractivity contribution < 1.29 is 19.1 Å². The minimum absolute atomic E-state index is 0.291. The standard InChI is InChI=1S/C16H15NO4/c17-16(19)15(12-7-3-1-4-8-12)21-14(18)11-20-13-9-5-2-6-10-13/h1-10,15H,11H2,(H2,17,19). The Hall–Kier alpha value is -2.82. The molecule has 2 aromatic carbocycles. The number of hydrogen-bond acceptors (Lipinski definition) is 4. The molecule has 0 saturated carbocycles. The molecule has 1 atom stereocenters.